The van der Waals surface area contributed by atoms with Crippen molar-refractivity contribution in [1.82, 2.24) is 9.55 Å². The predicted molar refractivity (Wildman–Crippen MR) is 63.3 cm³/mol. The smallest absolute Gasteiger partial charge is 0.253 e. The standard InChI is InChI=1S/C12H19N3O/c1-8(2)5-10-7-12(16)15-4-3-9(13)6-11(15)14-10/h7-9H,3-6,13H2,1-2H3. The summed E-state index contributed by atoms with van der Waals surface area (Å²) in [6, 6.07) is 1.82. The van der Waals surface area contributed by atoms with Gasteiger partial charge >= 0.3 is 0 Å². The van der Waals surface area contributed by atoms with Gasteiger partial charge in [0.05, 0.1) is 0 Å². The minimum absolute atomic E-state index is 0.0764. The van der Waals surface area contributed by atoms with E-state index in [0.29, 0.717) is 12.5 Å². The molecule has 2 heterocycles. The molecule has 0 radical (unpaired) electrons. The van der Waals surface area contributed by atoms with Crippen molar-refractivity contribution in [3.8, 4) is 0 Å². The Kier molecular flexibility index (Phi) is 3.10. The largest absolute Gasteiger partial charge is 0.327 e. The van der Waals surface area contributed by atoms with Gasteiger partial charge in [-0.3, -0.25) is 9.36 Å². The summed E-state index contributed by atoms with van der Waals surface area (Å²) in [7, 11) is 0. The summed E-state index contributed by atoms with van der Waals surface area (Å²) in [4.78, 5) is 16.4. The summed E-state index contributed by atoms with van der Waals surface area (Å²) in [5.74, 6) is 1.38. The Morgan fingerprint density at radius 3 is 3.06 bits per heavy atom. The molecule has 2 N–H and O–H groups in total. The van der Waals surface area contributed by atoms with Gasteiger partial charge in [0.15, 0.2) is 0 Å². The predicted octanol–water partition coefficient (Wildman–Crippen LogP) is 0.715. The van der Waals surface area contributed by atoms with E-state index in [2.05, 4.69) is 18.8 Å². The molecule has 0 aliphatic carbocycles. The summed E-state index contributed by atoms with van der Waals surface area (Å²) in [6.45, 7) is 4.97. The highest BCUT2D eigenvalue weighted by Gasteiger charge is 2.18. The van der Waals surface area contributed by atoms with Crippen molar-refractivity contribution in [1.29, 1.82) is 0 Å². The van der Waals surface area contributed by atoms with Gasteiger partial charge in [-0.25, -0.2) is 4.98 Å². The fraction of sp³-hybridized carbons (Fsp3) is 0.667. The minimum atomic E-state index is 0.0764. The molecule has 0 fully saturated rings. The number of nitrogens with two attached hydrogens (primary N) is 1. The lowest BCUT2D eigenvalue weighted by Gasteiger charge is -2.22. The molecule has 0 spiro atoms. The summed E-state index contributed by atoms with van der Waals surface area (Å²) in [6.07, 6.45) is 2.46. The van der Waals surface area contributed by atoms with Crippen LogP contribution in [-0.2, 0) is 19.4 Å². The minimum Gasteiger partial charge on any atom is -0.327 e. The highest BCUT2D eigenvalue weighted by atomic mass is 16.1. The maximum atomic E-state index is 11.9. The maximum absolute atomic E-state index is 11.9. The van der Waals surface area contributed by atoms with E-state index in [1.165, 1.54) is 0 Å². The first-order chi connectivity index (χ1) is 7.56. The Morgan fingerprint density at radius 2 is 2.38 bits per heavy atom. The lowest BCUT2D eigenvalue weighted by Crippen LogP contribution is -2.37. The maximum Gasteiger partial charge on any atom is 0.253 e. The molecule has 1 aromatic rings. The zero-order chi connectivity index (χ0) is 11.7. The quantitative estimate of drug-likeness (QED) is 0.800. The molecular formula is C12H19N3O. The van der Waals surface area contributed by atoms with Crippen molar-refractivity contribution >= 4 is 0 Å². The first kappa shape index (κ1) is 11.3. The van der Waals surface area contributed by atoms with Gasteiger partial charge in [-0.05, 0) is 18.8 Å². The molecule has 1 aromatic heterocycles. The van der Waals surface area contributed by atoms with Gasteiger partial charge in [-0.1, -0.05) is 13.8 Å². The Hall–Kier alpha value is -1.16. The van der Waals surface area contributed by atoms with Crippen LogP contribution in [0.15, 0.2) is 10.9 Å². The van der Waals surface area contributed by atoms with Crippen molar-refractivity contribution in [2.75, 3.05) is 0 Å². The van der Waals surface area contributed by atoms with Gasteiger partial charge < -0.3 is 5.73 Å². The van der Waals surface area contributed by atoms with Gasteiger partial charge in [0, 0.05) is 30.8 Å². The Balaban J connectivity index is 2.36. The van der Waals surface area contributed by atoms with E-state index in [4.69, 9.17) is 5.73 Å². The average molecular weight is 221 g/mol. The van der Waals surface area contributed by atoms with Gasteiger partial charge in [0.25, 0.3) is 5.56 Å². The van der Waals surface area contributed by atoms with E-state index in [-0.39, 0.29) is 11.6 Å². The second-order valence-corrected chi connectivity index (χ2v) is 5.00. The van der Waals surface area contributed by atoms with Crippen molar-refractivity contribution < 1.29 is 0 Å². The molecular weight excluding hydrogens is 202 g/mol. The Labute approximate surface area is 95.5 Å². The molecule has 1 unspecified atom stereocenters. The van der Waals surface area contributed by atoms with E-state index in [0.717, 1.165) is 30.8 Å². The third-order valence-corrected chi connectivity index (χ3v) is 2.93. The van der Waals surface area contributed by atoms with E-state index in [1.807, 2.05) is 0 Å². The monoisotopic (exact) mass is 221 g/mol. The Morgan fingerprint density at radius 1 is 1.62 bits per heavy atom. The van der Waals surface area contributed by atoms with Crippen molar-refractivity contribution in [3.63, 3.8) is 0 Å². The van der Waals surface area contributed by atoms with Crippen LogP contribution in [-0.4, -0.2) is 15.6 Å². The molecule has 1 atom stereocenters. The fourth-order valence-corrected chi connectivity index (χ4v) is 2.16. The highest BCUT2D eigenvalue weighted by Crippen LogP contribution is 2.11. The number of aromatic nitrogens is 2. The first-order valence-electron chi connectivity index (χ1n) is 5.91. The van der Waals surface area contributed by atoms with Crippen molar-refractivity contribution in [2.45, 2.75) is 45.7 Å². The van der Waals surface area contributed by atoms with E-state index in [9.17, 15) is 4.79 Å². The van der Waals surface area contributed by atoms with Crippen LogP contribution in [0.25, 0.3) is 0 Å². The molecule has 0 bridgehead atoms. The SMILES string of the molecule is CC(C)Cc1cc(=O)n2c(n1)CC(N)CC2. The number of hydrogen-bond donors (Lipinski definition) is 1. The second-order valence-electron chi connectivity index (χ2n) is 5.00. The third-order valence-electron chi connectivity index (χ3n) is 2.93. The molecule has 0 amide bonds. The van der Waals surface area contributed by atoms with Crippen molar-refractivity contribution in [3.05, 3.63) is 27.9 Å². The third kappa shape index (κ3) is 2.32. The van der Waals surface area contributed by atoms with Crippen LogP contribution in [0.1, 0.15) is 31.8 Å². The highest BCUT2D eigenvalue weighted by molar-refractivity contribution is 5.08. The molecule has 0 saturated heterocycles. The van der Waals surface area contributed by atoms with Crippen LogP contribution in [0.3, 0.4) is 0 Å². The van der Waals surface area contributed by atoms with Crippen LogP contribution in [0.4, 0.5) is 0 Å². The van der Waals surface area contributed by atoms with Crippen molar-refractivity contribution in [2.24, 2.45) is 11.7 Å². The van der Waals surface area contributed by atoms with E-state index >= 15 is 0 Å². The number of rotatable bonds is 2. The summed E-state index contributed by atoms with van der Waals surface area (Å²) in [5, 5.41) is 0. The Bertz CT molecular complexity index is 436. The molecule has 2 rings (SSSR count). The summed E-state index contributed by atoms with van der Waals surface area (Å²) in [5.41, 5.74) is 6.88. The normalized spacial score (nSPS) is 19.9. The summed E-state index contributed by atoms with van der Waals surface area (Å²) < 4.78 is 1.76. The van der Waals surface area contributed by atoms with Crippen LogP contribution in [0.2, 0.25) is 0 Å². The number of fused-ring (bicyclic) bond motifs is 1. The lowest BCUT2D eigenvalue weighted by atomic mass is 10.1. The van der Waals surface area contributed by atoms with Crippen LogP contribution in [0, 0.1) is 5.92 Å². The van der Waals surface area contributed by atoms with E-state index < -0.39 is 0 Å². The zero-order valence-electron chi connectivity index (χ0n) is 9.94. The van der Waals surface area contributed by atoms with Gasteiger partial charge in [0.2, 0.25) is 0 Å². The lowest BCUT2D eigenvalue weighted by molar-refractivity contribution is 0.440. The van der Waals surface area contributed by atoms with Crippen LogP contribution in [0.5, 0.6) is 0 Å². The van der Waals surface area contributed by atoms with E-state index in [1.54, 1.807) is 10.6 Å². The molecule has 0 saturated carbocycles. The molecule has 16 heavy (non-hydrogen) atoms. The first-order valence-corrected chi connectivity index (χ1v) is 5.91. The van der Waals surface area contributed by atoms with Gasteiger partial charge in [-0.2, -0.15) is 0 Å². The van der Waals surface area contributed by atoms with Gasteiger partial charge in [-0.15, -0.1) is 0 Å². The molecule has 1 aliphatic heterocycles. The molecule has 1 aliphatic rings. The number of hydrogen-bond acceptors (Lipinski definition) is 3. The average Bonchev–Trinajstić information content (AvgIpc) is 2.15. The van der Waals surface area contributed by atoms with Crippen LogP contribution >= 0.6 is 0 Å². The molecule has 4 nitrogen and oxygen atoms in total. The molecule has 4 heteroatoms. The molecule has 0 aromatic carbocycles. The zero-order valence-corrected chi connectivity index (χ0v) is 9.94. The van der Waals surface area contributed by atoms with Crippen LogP contribution < -0.4 is 11.3 Å². The number of nitrogens with zero attached hydrogens (tertiary/aromatic N) is 2. The molecule has 88 valence electrons. The fourth-order valence-electron chi connectivity index (χ4n) is 2.16. The topological polar surface area (TPSA) is 60.9 Å². The summed E-state index contributed by atoms with van der Waals surface area (Å²) >= 11 is 0. The van der Waals surface area contributed by atoms with Gasteiger partial charge in [0.1, 0.15) is 5.82 Å². The second kappa shape index (κ2) is 4.37.